The summed E-state index contributed by atoms with van der Waals surface area (Å²) < 4.78 is 0. The van der Waals surface area contributed by atoms with E-state index in [1.807, 2.05) is 6.07 Å². The minimum atomic E-state index is 1.07. The summed E-state index contributed by atoms with van der Waals surface area (Å²) in [6.45, 7) is 0. The van der Waals surface area contributed by atoms with Gasteiger partial charge in [-0.3, -0.25) is 0 Å². The summed E-state index contributed by atoms with van der Waals surface area (Å²) in [5, 5.41) is 6.26. The largest absolute Gasteiger partial charge is 0.355 e. The van der Waals surface area contributed by atoms with Gasteiger partial charge in [-0.2, -0.15) is 0 Å². The zero-order chi connectivity index (χ0) is 23.5. The fourth-order valence-electron chi connectivity index (χ4n) is 4.77. The van der Waals surface area contributed by atoms with E-state index in [9.17, 15) is 0 Å². The predicted octanol–water partition coefficient (Wildman–Crippen LogP) is 9.58. The average Bonchev–Trinajstić information content (AvgIpc) is 2.94. The first-order valence-electron chi connectivity index (χ1n) is 12.0. The number of rotatable bonds is 5. The standard InChI is InChI=1S/C34H25N/c1-3-12-25(13-4-1)27-16-9-17-28(24-27)31-21-11-23-33(34(31)35-29-18-5-2-6-19-29)32-22-10-15-26-14-7-8-20-30(26)32/h1-24,35H. The Labute approximate surface area is 206 Å². The molecule has 0 amide bonds. The van der Waals surface area contributed by atoms with Crippen LogP contribution in [0.2, 0.25) is 0 Å². The van der Waals surface area contributed by atoms with Gasteiger partial charge in [0, 0.05) is 16.8 Å². The van der Waals surface area contributed by atoms with E-state index in [-0.39, 0.29) is 0 Å². The van der Waals surface area contributed by atoms with Crippen molar-refractivity contribution in [3.05, 3.63) is 146 Å². The van der Waals surface area contributed by atoms with Gasteiger partial charge in [-0.1, -0.05) is 127 Å². The van der Waals surface area contributed by atoms with Crippen molar-refractivity contribution in [1.82, 2.24) is 0 Å². The molecule has 0 bridgehead atoms. The van der Waals surface area contributed by atoms with Gasteiger partial charge in [-0.25, -0.2) is 0 Å². The van der Waals surface area contributed by atoms with Crippen molar-refractivity contribution in [3.8, 4) is 33.4 Å². The molecule has 0 aliphatic rings. The topological polar surface area (TPSA) is 12.0 Å². The van der Waals surface area contributed by atoms with Crippen molar-refractivity contribution in [3.63, 3.8) is 0 Å². The number of hydrogen-bond acceptors (Lipinski definition) is 1. The van der Waals surface area contributed by atoms with Crippen LogP contribution in [0.3, 0.4) is 0 Å². The van der Waals surface area contributed by atoms with Crippen molar-refractivity contribution in [2.75, 3.05) is 5.32 Å². The molecule has 1 N–H and O–H groups in total. The van der Waals surface area contributed by atoms with E-state index in [4.69, 9.17) is 0 Å². The maximum atomic E-state index is 3.76. The van der Waals surface area contributed by atoms with Gasteiger partial charge in [0.15, 0.2) is 0 Å². The first-order valence-corrected chi connectivity index (χ1v) is 12.0. The number of nitrogens with one attached hydrogen (secondary N) is 1. The smallest absolute Gasteiger partial charge is 0.0543 e. The minimum absolute atomic E-state index is 1.07. The molecule has 0 aliphatic heterocycles. The zero-order valence-electron chi connectivity index (χ0n) is 19.4. The molecule has 6 aromatic carbocycles. The molecular formula is C34H25N. The average molecular weight is 448 g/mol. The van der Waals surface area contributed by atoms with E-state index in [2.05, 4.69) is 145 Å². The molecule has 0 unspecified atom stereocenters. The van der Waals surface area contributed by atoms with E-state index >= 15 is 0 Å². The van der Waals surface area contributed by atoms with E-state index in [1.54, 1.807) is 0 Å². The summed E-state index contributed by atoms with van der Waals surface area (Å²) in [6, 6.07) is 51.5. The van der Waals surface area contributed by atoms with Gasteiger partial charge < -0.3 is 5.32 Å². The summed E-state index contributed by atoms with van der Waals surface area (Å²) in [6.07, 6.45) is 0. The molecule has 0 saturated carbocycles. The van der Waals surface area contributed by atoms with Crippen molar-refractivity contribution in [2.45, 2.75) is 0 Å². The fourth-order valence-corrected chi connectivity index (χ4v) is 4.77. The molecule has 166 valence electrons. The van der Waals surface area contributed by atoms with E-state index in [0.717, 1.165) is 11.4 Å². The van der Waals surface area contributed by atoms with Crippen molar-refractivity contribution in [2.24, 2.45) is 0 Å². The maximum absolute atomic E-state index is 3.76. The summed E-state index contributed by atoms with van der Waals surface area (Å²) >= 11 is 0. The summed E-state index contributed by atoms with van der Waals surface area (Å²) in [4.78, 5) is 0. The lowest BCUT2D eigenvalue weighted by molar-refractivity contribution is 1.52. The Balaban J connectivity index is 1.57. The number of benzene rings is 6. The van der Waals surface area contributed by atoms with Gasteiger partial charge in [0.1, 0.15) is 0 Å². The normalized spacial score (nSPS) is 10.9. The molecule has 0 fully saturated rings. The van der Waals surface area contributed by atoms with Crippen LogP contribution in [0.5, 0.6) is 0 Å². The van der Waals surface area contributed by atoms with Crippen LogP contribution in [0.4, 0.5) is 11.4 Å². The van der Waals surface area contributed by atoms with Gasteiger partial charge >= 0.3 is 0 Å². The summed E-state index contributed by atoms with van der Waals surface area (Å²) in [5.41, 5.74) is 9.39. The lowest BCUT2D eigenvalue weighted by Gasteiger charge is -2.19. The first kappa shape index (κ1) is 20.9. The molecule has 0 heterocycles. The molecule has 0 aliphatic carbocycles. The molecular weight excluding hydrogens is 422 g/mol. The van der Waals surface area contributed by atoms with E-state index in [0.29, 0.717) is 0 Å². The van der Waals surface area contributed by atoms with Crippen LogP contribution >= 0.6 is 0 Å². The lowest BCUT2D eigenvalue weighted by Crippen LogP contribution is -1.97. The molecule has 35 heavy (non-hydrogen) atoms. The highest BCUT2D eigenvalue weighted by atomic mass is 14.9. The lowest BCUT2D eigenvalue weighted by atomic mass is 9.91. The fraction of sp³-hybridized carbons (Fsp3) is 0. The molecule has 6 aromatic rings. The van der Waals surface area contributed by atoms with Crippen molar-refractivity contribution >= 4 is 22.1 Å². The third kappa shape index (κ3) is 4.20. The maximum Gasteiger partial charge on any atom is 0.0543 e. The van der Waals surface area contributed by atoms with Gasteiger partial charge in [0.05, 0.1) is 5.69 Å². The number of para-hydroxylation sites is 2. The summed E-state index contributed by atoms with van der Waals surface area (Å²) in [5.74, 6) is 0. The molecule has 0 aromatic heterocycles. The second-order valence-corrected chi connectivity index (χ2v) is 8.69. The third-order valence-electron chi connectivity index (χ3n) is 6.47. The molecule has 6 rings (SSSR count). The third-order valence-corrected chi connectivity index (χ3v) is 6.47. The number of anilines is 2. The van der Waals surface area contributed by atoms with Gasteiger partial charge in [0.25, 0.3) is 0 Å². The van der Waals surface area contributed by atoms with Gasteiger partial charge in [0.2, 0.25) is 0 Å². The quantitative estimate of drug-likeness (QED) is 0.277. The van der Waals surface area contributed by atoms with E-state index in [1.165, 1.54) is 44.2 Å². The van der Waals surface area contributed by atoms with Crippen molar-refractivity contribution < 1.29 is 0 Å². The first-order chi connectivity index (χ1) is 17.4. The Morgan fingerprint density at radius 2 is 0.943 bits per heavy atom. The van der Waals surface area contributed by atoms with Crippen molar-refractivity contribution in [1.29, 1.82) is 0 Å². The molecule has 0 atom stereocenters. The molecule has 1 heteroatoms. The molecule has 1 nitrogen and oxygen atoms in total. The Morgan fingerprint density at radius 3 is 1.80 bits per heavy atom. The highest BCUT2D eigenvalue weighted by molar-refractivity contribution is 6.03. The monoisotopic (exact) mass is 447 g/mol. The predicted molar refractivity (Wildman–Crippen MR) is 150 cm³/mol. The number of hydrogen-bond donors (Lipinski definition) is 1. The summed E-state index contributed by atoms with van der Waals surface area (Å²) in [7, 11) is 0. The highest BCUT2D eigenvalue weighted by Gasteiger charge is 2.15. The van der Waals surface area contributed by atoms with Gasteiger partial charge in [-0.15, -0.1) is 0 Å². The van der Waals surface area contributed by atoms with E-state index < -0.39 is 0 Å². The second-order valence-electron chi connectivity index (χ2n) is 8.69. The Kier molecular flexibility index (Phi) is 5.58. The van der Waals surface area contributed by atoms with Crippen LogP contribution in [-0.2, 0) is 0 Å². The van der Waals surface area contributed by atoms with Gasteiger partial charge in [-0.05, 0) is 51.2 Å². The van der Waals surface area contributed by atoms with Crippen LogP contribution < -0.4 is 5.32 Å². The molecule has 0 spiro atoms. The second kappa shape index (κ2) is 9.32. The minimum Gasteiger partial charge on any atom is -0.355 e. The van der Waals surface area contributed by atoms with Crippen LogP contribution in [-0.4, -0.2) is 0 Å². The SMILES string of the molecule is c1ccc(Nc2c(-c3cccc(-c4ccccc4)c3)cccc2-c2cccc3ccccc23)cc1. The van der Waals surface area contributed by atoms with Crippen LogP contribution in [0.15, 0.2) is 146 Å². The van der Waals surface area contributed by atoms with Crippen LogP contribution in [0, 0.1) is 0 Å². The van der Waals surface area contributed by atoms with Crippen LogP contribution in [0.25, 0.3) is 44.2 Å². The van der Waals surface area contributed by atoms with Crippen LogP contribution in [0.1, 0.15) is 0 Å². The molecule has 0 saturated heterocycles. The Morgan fingerprint density at radius 1 is 0.371 bits per heavy atom. The highest BCUT2D eigenvalue weighted by Crippen LogP contribution is 2.41. The zero-order valence-corrected chi connectivity index (χ0v) is 19.4. The molecule has 0 radical (unpaired) electrons. The Bertz CT molecular complexity index is 1600. The number of fused-ring (bicyclic) bond motifs is 1. The Hall–Kier alpha value is -4.62.